The van der Waals surface area contributed by atoms with E-state index in [1.807, 2.05) is 0 Å². The highest BCUT2D eigenvalue weighted by molar-refractivity contribution is 9.10. The van der Waals surface area contributed by atoms with E-state index in [2.05, 4.69) is 61.9 Å². The zero-order valence-corrected chi connectivity index (χ0v) is 16.1. The van der Waals surface area contributed by atoms with E-state index in [0.29, 0.717) is 6.54 Å². The van der Waals surface area contributed by atoms with E-state index in [9.17, 15) is 0 Å². The van der Waals surface area contributed by atoms with Gasteiger partial charge in [-0.1, -0.05) is 0 Å². The average Bonchev–Trinajstić information content (AvgIpc) is 2.91. The second-order valence-electron chi connectivity index (χ2n) is 5.00. The number of likely N-dealkylation sites (N-methyl/N-ethyl adjacent to an activating group) is 1. The number of ether oxygens (including phenoxy) is 1. The van der Waals surface area contributed by atoms with E-state index in [1.165, 1.54) is 4.88 Å². The van der Waals surface area contributed by atoms with Gasteiger partial charge in [-0.15, -0.1) is 11.3 Å². The first-order valence-corrected chi connectivity index (χ1v) is 9.25. The molecule has 0 atom stereocenters. The maximum absolute atomic E-state index is 5.07. The van der Waals surface area contributed by atoms with Gasteiger partial charge in [0.25, 0.3) is 0 Å². The van der Waals surface area contributed by atoms with Gasteiger partial charge in [0.2, 0.25) is 0 Å². The Kier molecular flexibility index (Phi) is 10.5. The Morgan fingerprint density at radius 2 is 2.23 bits per heavy atom. The number of aliphatic imine (C=N–C) groups is 1. The van der Waals surface area contributed by atoms with E-state index >= 15 is 0 Å². The third kappa shape index (κ3) is 8.73. The first-order valence-electron chi connectivity index (χ1n) is 7.58. The summed E-state index contributed by atoms with van der Waals surface area (Å²) in [5, 5.41) is 8.74. The monoisotopic (exact) mass is 390 g/mol. The number of halogens is 1. The molecule has 22 heavy (non-hydrogen) atoms. The molecule has 0 aromatic carbocycles. The summed E-state index contributed by atoms with van der Waals surface area (Å²) in [6.07, 6.45) is 1.06. The summed E-state index contributed by atoms with van der Waals surface area (Å²) < 4.78 is 6.19. The third-order valence-electron chi connectivity index (χ3n) is 3.03. The molecule has 126 valence electrons. The average molecular weight is 391 g/mol. The van der Waals surface area contributed by atoms with Crippen molar-refractivity contribution in [2.24, 2.45) is 4.99 Å². The number of thiophene rings is 1. The van der Waals surface area contributed by atoms with Gasteiger partial charge >= 0.3 is 0 Å². The highest BCUT2D eigenvalue weighted by Crippen LogP contribution is 2.20. The van der Waals surface area contributed by atoms with Crippen molar-refractivity contribution in [2.45, 2.75) is 19.9 Å². The molecule has 2 N–H and O–H groups in total. The molecule has 0 saturated carbocycles. The molecule has 1 heterocycles. The molecule has 0 aliphatic heterocycles. The predicted octanol–water partition coefficient (Wildman–Crippen LogP) is 2.53. The minimum atomic E-state index is 0.704. The summed E-state index contributed by atoms with van der Waals surface area (Å²) in [7, 11) is 3.87. The smallest absolute Gasteiger partial charge is 0.191 e. The summed E-state index contributed by atoms with van der Waals surface area (Å²) in [6.45, 7) is 7.38. The summed E-state index contributed by atoms with van der Waals surface area (Å²) in [4.78, 5) is 8.16. The maximum Gasteiger partial charge on any atom is 0.191 e. The van der Waals surface area contributed by atoms with E-state index < -0.39 is 0 Å². The summed E-state index contributed by atoms with van der Waals surface area (Å²) in [5.41, 5.74) is 0. The summed E-state index contributed by atoms with van der Waals surface area (Å²) in [5.74, 6) is 0.873. The van der Waals surface area contributed by atoms with Crippen LogP contribution in [0.3, 0.4) is 0 Å². The lowest BCUT2D eigenvalue weighted by molar-refractivity contribution is 0.180. The molecular formula is C15H27BrN4OS. The van der Waals surface area contributed by atoms with Crippen LogP contribution in [0.2, 0.25) is 0 Å². The van der Waals surface area contributed by atoms with Crippen LogP contribution in [-0.2, 0) is 11.3 Å². The van der Waals surface area contributed by atoms with Crippen molar-refractivity contribution in [2.75, 3.05) is 46.9 Å². The maximum atomic E-state index is 5.07. The highest BCUT2D eigenvalue weighted by atomic mass is 79.9. The van der Waals surface area contributed by atoms with Gasteiger partial charge in [-0.3, -0.25) is 0 Å². The minimum absolute atomic E-state index is 0.704. The van der Waals surface area contributed by atoms with Crippen molar-refractivity contribution in [1.82, 2.24) is 15.5 Å². The van der Waals surface area contributed by atoms with Gasteiger partial charge in [0.15, 0.2) is 5.96 Å². The topological polar surface area (TPSA) is 48.9 Å². The molecule has 0 unspecified atom stereocenters. The molecule has 1 rings (SSSR count). The van der Waals surface area contributed by atoms with Crippen LogP contribution in [0.1, 0.15) is 18.2 Å². The molecule has 5 nitrogen and oxygen atoms in total. The van der Waals surface area contributed by atoms with Crippen molar-refractivity contribution < 1.29 is 4.74 Å². The van der Waals surface area contributed by atoms with Crippen molar-refractivity contribution >= 4 is 33.2 Å². The number of nitrogens with zero attached hydrogens (tertiary/aromatic N) is 2. The van der Waals surface area contributed by atoms with Gasteiger partial charge < -0.3 is 20.3 Å². The standard InChI is InChI=1S/C15H27BrN4OS/c1-4-17-15(19-11-14-10-13(16)12-22-14)18-6-8-20(2)7-5-9-21-3/h10,12H,4-9,11H2,1-3H3,(H2,17,18,19). The Hall–Kier alpha value is -0.630. The molecule has 0 saturated heterocycles. The van der Waals surface area contributed by atoms with Crippen LogP contribution >= 0.6 is 27.3 Å². The van der Waals surface area contributed by atoms with E-state index in [0.717, 1.165) is 49.6 Å². The van der Waals surface area contributed by atoms with Crippen LogP contribution in [0.25, 0.3) is 0 Å². The molecule has 1 aromatic rings. The van der Waals surface area contributed by atoms with Crippen LogP contribution in [0.4, 0.5) is 0 Å². The fourth-order valence-corrected chi connectivity index (χ4v) is 3.27. The van der Waals surface area contributed by atoms with Gasteiger partial charge in [-0.05, 0) is 42.4 Å². The Morgan fingerprint density at radius 3 is 2.86 bits per heavy atom. The molecule has 0 spiro atoms. The minimum Gasteiger partial charge on any atom is -0.385 e. The lowest BCUT2D eigenvalue weighted by Gasteiger charge is -2.18. The third-order valence-corrected chi connectivity index (χ3v) is 4.72. The summed E-state index contributed by atoms with van der Waals surface area (Å²) >= 11 is 5.19. The Morgan fingerprint density at radius 1 is 1.41 bits per heavy atom. The number of hydrogen-bond donors (Lipinski definition) is 2. The van der Waals surface area contributed by atoms with E-state index in [-0.39, 0.29) is 0 Å². The zero-order chi connectivity index (χ0) is 16.2. The molecule has 0 bridgehead atoms. The molecule has 0 aliphatic carbocycles. The number of methoxy groups -OCH3 is 1. The Balaban J connectivity index is 2.30. The summed E-state index contributed by atoms with van der Waals surface area (Å²) in [6, 6.07) is 2.11. The van der Waals surface area contributed by atoms with Crippen molar-refractivity contribution in [1.29, 1.82) is 0 Å². The Labute approximate surface area is 146 Å². The number of guanidine groups is 1. The first kappa shape index (κ1) is 19.4. The fourth-order valence-electron chi connectivity index (χ4n) is 1.89. The van der Waals surface area contributed by atoms with E-state index in [1.54, 1.807) is 18.4 Å². The van der Waals surface area contributed by atoms with Gasteiger partial charge in [-0.2, -0.15) is 0 Å². The number of rotatable bonds is 10. The van der Waals surface area contributed by atoms with Crippen LogP contribution in [-0.4, -0.2) is 57.8 Å². The SMILES string of the molecule is CCNC(=NCc1cc(Br)cs1)NCCN(C)CCCOC. The van der Waals surface area contributed by atoms with Crippen molar-refractivity contribution in [3.63, 3.8) is 0 Å². The quantitative estimate of drug-likeness (QED) is 0.366. The first-order chi connectivity index (χ1) is 10.7. The van der Waals surface area contributed by atoms with Crippen molar-refractivity contribution in [3.05, 3.63) is 20.8 Å². The zero-order valence-electron chi connectivity index (χ0n) is 13.7. The van der Waals surface area contributed by atoms with Crippen LogP contribution in [0.5, 0.6) is 0 Å². The molecule has 1 aromatic heterocycles. The van der Waals surface area contributed by atoms with Crippen LogP contribution in [0.15, 0.2) is 20.9 Å². The molecule has 0 amide bonds. The lowest BCUT2D eigenvalue weighted by atomic mass is 10.4. The highest BCUT2D eigenvalue weighted by Gasteiger charge is 2.01. The molecule has 0 radical (unpaired) electrons. The predicted molar refractivity (Wildman–Crippen MR) is 98.8 cm³/mol. The number of nitrogens with one attached hydrogen (secondary N) is 2. The lowest BCUT2D eigenvalue weighted by Crippen LogP contribution is -2.41. The van der Waals surface area contributed by atoms with Gasteiger partial charge in [0.05, 0.1) is 6.54 Å². The van der Waals surface area contributed by atoms with Crippen LogP contribution in [0, 0.1) is 0 Å². The van der Waals surface area contributed by atoms with Gasteiger partial charge in [-0.25, -0.2) is 4.99 Å². The normalized spacial score (nSPS) is 12.0. The molecular weight excluding hydrogens is 364 g/mol. The largest absolute Gasteiger partial charge is 0.385 e. The van der Waals surface area contributed by atoms with Crippen LogP contribution < -0.4 is 10.6 Å². The second kappa shape index (κ2) is 11.9. The van der Waals surface area contributed by atoms with Crippen molar-refractivity contribution in [3.8, 4) is 0 Å². The molecule has 0 aliphatic rings. The molecule has 0 fully saturated rings. The fraction of sp³-hybridized carbons (Fsp3) is 0.667. The number of hydrogen-bond acceptors (Lipinski definition) is 4. The van der Waals surface area contributed by atoms with Gasteiger partial charge in [0.1, 0.15) is 0 Å². The molecule has 7 heteroatoms. The second-order valence-corrected chi connectivity index (χ2v) is 6.91. The van der Waals surface area contributed by atoms with E-state index in [4.69, 9.17) is 4.74 Å². The van der Waals surface area contributed by atoms with Gasteiger partial charge in [0, 0.05) is 54.6 Å². The Bertz CT molecular complexity index is 439.